The average Bonchev–Trinajstić information content (AvgIpc) is 2.99. The first-order valence-corrected chi connectivity index (χ1v) is 8.02. The first-order chi connectivity index (χ1) is 10.3. The van der Waals surface area contributed by atoms with Crippen LogP contribution in [0.3, 0.4) is 0 Å². The highest BCUT2D eigenvalue weighted by molar-refractivity contribution is 5.30. The molecule has 110 valence electrons. The van der Waals surface area contributed by atoms with Gasteiger partial charge in [-0.1, -0.05) is 29.4 Å². The fourth-order valence-electron chi connectivity index (χ4n) is 4.20. The number of rotatable bonds is 3. The van der Waals surface area contributed by atoms with Gasteiger partial charge in [0.1, 0.15) is 0 Å². The molecule has 3 nitrogen and oxygen atoms in total. The summed E-state index contributed by atoms with van der Waals surface area (Å²) in [4.78, 5) is 0. The number of aryl methyl sites for hydroxylation is 1. The van der Waals surface area contributed by atoms with Crippen LogP contribution in [0.4, 0.5) is 0 Å². The summed E-state index contributed by atoms with van der Waals surface area (Å²) in [5.41, 5.74) is 4.09. The van der Waals surface area contributed by atoms with E-state index in [2.05, 4.69) is 34.7 Å². The van der Waals surface area contributed by atoms with Crippen LogP contribution in [0.25, 0.3) is 0 Å². The van der Waals surface area contributed by atoms with E-state index in [1.54, 1.807) is 11.1 Å². The molecule has 2 bridgehead atoms. The van der Waals surface area contributed by atoms with Crippen LogP contribution in [-0.2, 0) is 19.4 Å². The topological polar surface area (TPSA) is 38.1 Å². The second-order valence-electron chi connectivity index (χ2n) is 6.62. The molecule has 0 radical (unpaired) electrons. The number of benzene rings is 1. The molecule has 1 aromatic heterocycles. The third kappa shape index (κ3) is 2.51. The van der Waals surface area contributed by atoms with Gasteiger partial charge in [-0.05, 0) is 55.6 Å². The third-order valence-corrected chi connectivity index (χ3v) is 5.20. The molecule has 2 aromatic rings. The van der Waals surface area contributed by atoms with Crippen LogP contribution in [0.5, 0.6) is 0 Å². The smallest absolute Gasteiger partial charge is 0.150 e. The van der Waals surface area contributed by atoms with Crippen molar-refractivity contribution in [1.82, 2.24) is 10.5 Å². The molecule has 2 aliphatic rings. The van der Waals surface area contributed by atoms with Gasteiger partial charge in [0, 0.05) is 12.1 Å². The van der Waals surface area contributed by atoms with Crippen LogP contribution in [0.2, 0.25) is 0 Å². The van der Waals surface area contributed by atoms with Gasteiger partial charge in [-0.25, -0.2) is 0 Å². The molecule has 21 heavy (non-hydrogen) atoms. The Morgan fingerprint density at radius 3 is 2.38 bits per heavy atom. The summed E-state index contributed by atoms with van der Waals surface area (Å²) in [5.74, 6) is 2.49. The number of aromatic nitrogens is 1. The standard InChI is InChI=1S/C18H22N2O/c1-12-8-17(21-20-12)11-19-18-15-6-7-16(18)10-14-5-3-2-4-13(14)9-15/h2-5,8,15-16,18-19H,6-7,9-11H2,1H3. The molecule has 2 aliphatic carbocycles. The Labute approximate surface area is 125 Å². The molecule has 1 heterocycles. The Morgan fingerprint density at radius 1 is 1.14 bits per heavy atom. The van der Waals surface area contributed by atoms with Gasteiger partial charge in [0.05, 0.1) is 12.2 Å². The molecule has 1 saturated carbocycles. The molecule has 0 saturated heterocycles. The lowest BCUT2D eigenvalue weighted by Crippen LogP contribution is -2.37. The van der Waals surface area contributed by atoms with Crippen LogP contribution in [0.1, 0.15) is 35.4 Å². The van der Waals surface area contributed by atoms with E-state index in [1.165, 1.54) is 25.7 Å². The van der Waals surface area contributed by atoms with Gasteiger partial charge < -0.3 is 9.84 Å². The fourth-order valence-corrected chi connectivity index (χ4v) is 4.20. The van der Waals surface area contributed by atoms with E-state index in [9.17, 15) is 0 Å². The monoisotopic (exact) mass is 282 g/mol. The second-order valence-corrected chi connectivity index (χ2v) is 6.62. The Bertz CT molecular complexity index is 601. The minimum Gasteiger partial charge on any atom is -0.360 e. The Morgan fingerprint density at radius 2 is 1.81 bits per heavy atom. The average molecular weight is 282 g/mol. The predicted octanol–water partition coefficient (Wildman–Crippen LogP) is 3.27. The lowest BCUT2D eigenvalue weighted by molar-refractivity contribution is 0.310. The normalized spacial score (nSPS) is 27.4. The lowest BCUT2D eigenvalue weighted by atomic mass is 9.94. The maximum absolute atomic E-state index is 5.33. The van der Waals surface area contributed by atoms with Crippen molar-refractivity contribution in [2.24, 2.45) is 11.8 Å². The van der Waals surface area contributed by atoms with E-state index >= 15 is 0 Å². The predicted molar refractivity (Wildman–Crippen MR) is 81.9 cm³/mol. The van der Waals surface area contributed by atoms with Gasteiger partial charge in [0.25, 0.3) is 0 Å². The largest absolute Gasteiger partial charge is 0.360 e. The summed E-state index contributed by atoms with van der Waals surface area (Å²) in [6.45, 7) is 2.77. The molecule has 2 unspecified atom stereocenters. The minimum absolute atomic E-state index is 0.614. The van der Waals surface area contributed by atoms with Crippen molar-refractivity contribution in [3.05, 3.63) is 52.9 Å². The van der Waals surface area contributed by atoms with Crippen molar-refractivity contribution in [3.8, 4) is 0 Å². The first-order valence-electron chi connectivity index (χ1n) is 8.02. The van der Waals surface area contributed by atoms with Gasteiger partial charge in [0.15, 0.2) is 5.76 Å². The summed E-state index contributed by atoms with van der Waals surface area (Å²) in [6, 6.07) is 11.6. The van der Waals surface area contributed by atoms with Crippen molar-refractivity contribution in [1.29, 1.82) is 0 Å². The van der Waals surface area contributed by atoms with Crippen LogP contribution in [-0.4, -0.2) is 11.2 Å². The summed E-state index contributed by atoms with van der Waals surface area (Å²) in [7, 11) is 0. The Kier molecular flexibility index (Phi) is 3.30. The van der Waals surface area contributed by atoms with Crippen molar-refractivity contribution in [2.45, 2.75) is 45.2 Å². The van der Waals surface area contributed by atoms with E-state index in [-0.39, 0.29) is 0 Å². The van der Waals surface area contributed by atoms with Gasteiger partial charge in [0.2, 0.25) is 0 Å². The SMILES string of the molecule is Cc1cc(CNC2C3CCC2Cc2ccccc2C3)on1. The molecule has 0 spiro atoms. The molecule has 1 fully saturated rings. The van der Waals surface area contributed by atoms with Gasteiger partial charge in [-0.2, -0.15) is 0 Å². The molecule has 0 aliphatic heterocycles. The summed E-state index contributed by atoms with van der Waals surface area (Å²) >= 11 is 0. The van der Waals surface area contributed by atoms with Gasteiger partial charge >= 0.3 is 0 Å². The minimum atomic E-state index is 0.614. The first kappa shape index (κ1) is 13.1. The van der Waals surface area contributed by atoms with Crippen LogP contribution in [0.15, 0.2) is 34.9 Å². The molecular formula is C18H22N2O. The van der Waals surface area contributed by atoms with Crippen molar-refractivity contribution >= 4 is 0 Å². The van der Waals surface area contributed by atoms with E-state index < -0.39 is 0 Å². The van der Waals surface area contributed by atoms with Crippen molar-refractivity contribution in [3.63, 3.8) is 0 Å². The number of nitrogens with one attached hydrogen (secondary N) is 1. The Balaban J connectivity index is 1.50. The van der Waals surface area contributed by atoms with Gasteiger partial charge in [-0.15, -0.1) is 0 Å². The molecule has 1 N–H and O–H groups in total. The van der Waals surface area contributed by atoms with Crippen LogP contribution < -0.4 is 5.32 Å². The highest BCUT2D eigenvalue weighted by Crippen LogP contribution is 2.40. The second kappa shape index (κ2) is 5.30. The van der Waals surface area contributed by atoms with E-state index in [1.807, 2.05) is 13.0 Å². The molecule has 4 rings (SSSR count). The highest BCUT2D eigenvalue weighted by Gasteiger charge is 2.38. The zero-order valence-electron chi connectivity index (χ0n) is 12.5. The van der Waals surface area contributed by atoms with E-state index in [0.717, 1.165) is 29.8 Å². The van der Waals surface area contributed by atoms with Crippen molar-refractivity contribution < 1.29 is 4.52 Å². The maximum Gasteiger partial charge on any atom is 0.150 e. The molecule has 0 amide bonds. The summed E-state index contributed by atoms with van der Waals surface area (Å²) in [5, 5.41) is 7.72. The van der Waals surface area contributed by atoms with Crippen LogP contribution in [0, 0.1) is 18.8 Å². The fraction of sp³-hybridized carbons (Fsp3) is 0.500. The summed E-state index contributed by atoms with van der Waals surface area (Å²) in [6.07, 6.45) is 5.15. The zero-order chi connectivity index (χ0) is 14.2. The maximum atomic E-state index is 5.33. The lowest BCUT2D eigenvalue weighted by Gasteiger charge is -2.23. The number of nitrogens with zero attached hydrogens (tertiary/aromatic N) is 1. The van der Waals surface area contributed by atoms with Crippen molar-refractivity contribution in [2.75, 3.05) is 0 Å². The number of hydrogen-bond acceptors (Lipinski definition) is 3. The van der Waals surface area contributed by atoms with Gasteiger partial charge in [-0.3, -0.25) is 0 Å². The summed E-state index contributed by atoms with van der Waals surface area (Å²) < 4.78 is 5.33. The Hall–Kier alpha value is -1.61. The quantitative estimate of drug-likeness (QED) is 0.939. The van der Waals surface area contributed by atoms with E-state index in [4.69, 9.17) is 4.52 Å². The molecular weight excluding hydrogens is 260 g/mol. The molecule has 1 aromatic carbocycles. The third-order valence-electron chi connectivity index (χ3n) is 5.20. The van der Waals surface area contributed by atoms with E-state index in [0.29, 0.717) is 6.04 Å². The number of fused-ring (bicyclic) bond motifs is 3. The number of hydrogen-bond donors (Lipinski definition) is 1. The molecule has 2 atom stereocenters. The highest BCUT2D eigenvalue weighted by atomic mass is 16.5. The zero-order valence-corrected chi connectivity index (χ0v) is 12.5. The molecule has 3 heteroatoms. The van der Waals surface area contributed by atoms with Crippen LogP contribution >= 0.6 is 0 Å².